The lowest BCUT2D eigenvalue weighted by molar-refractivity contribution is -0.160. The van der Waals surface area contributed by atoms with Gasteiger partial charge in [-0.1, -0.05) is 29.8 Å². The third-order valence-electron chi connectivity index (χ3n) is 6.99. The SMILES string of the molecule is Cc1ccc(-c2c([C@H](OC(C)(C)C)C(=O)O)c(C)c3c4c2cc(C)n4CCN3c2cnc(C)cn2)cc1. The van der Waals surface area contributed by atoms with Crippen LogP contribution in [0, 0.1) is 27.7 Å². The fraction of sp³-hybridized carbons (Fsp3) is 0.367. The second-order valence-corrected chi connectivity index (χ2v) is 10.9. The van der Waals surface area contributed by atoms with Crippen LogP contribution in [0.5, 0.6) is 0 Å². The Bertz CT molecular complexity index is 1500. The fourth-order valence-electron chi connectivity index (χ4n) is 5.39. The van der Waals surface area contributed by atoms with E-state index in [1.165, 1.54) is 0 Å². The molecule has 1 aliphatic rings. The van der Waals surface area contributed by atoms with Crippen molar-refractivity contribution in [3.63, 3.8) is 0 Å². The van der Waals surface area contributed by atoms with E-state index in [0.29, 0.717) is 12.1 Å². The molecule has 37 heavy (non-hydrogen) atoms. The van der Waals surface area contributed by atoms with Gasteiger partial charge < -0.3 is 19.3 Å². The summed E-state index contributed by atoms with van der Waals surface area (Å²) in [4.78, 5) is 24.1. The highest BCUT2D eigenvalue weighted by Crippen LogP contribution is 2.49. The summed E-state index contributed by atoms with van der Waals surface area (Å²) in [6.45, 7) is 15.3. The van der Waals surface area contributed by atoms with E-state index in [9.17, 15) is 9.90 Å². The maximum Gasteiger partial charge on any atom is 0.337 e. The summed E-state index contributed by atoms with van der Waals surface area (Å²) in [6.07, 6.45) is 2.42. The molecule has 192 valence electrons. The van der Waals surface area contributed by atoms with Crippen LogP contribution >= 0.6 is 0 Å². The second kappa shape index (κ2) is 8.99. The van der Waals surface area contributed by atoms with Gasteiger partial charge in [0.05, 0.1) is 34.9 Å². The predicted octanol–water partition coefficient (Wildman–Crippen LogP) is 6.42. The number of ether oxygens (including phenoxy) is 1. The van der Waals surface area contributed by atoms with E-state index in [-0.39, 0.29) is 0 Å². The molecule has 1 N–H and O–H groups in total. The standard InChI is InChI=1S/C30H34N4O3/c1-17-8-10-21(11-9-17)25-22-14-19(3)33-12-13-34(23-16-31-18(2)15-32-23)26(27(22)33)20(4)24(25)28(29(35)36)37-30(5,6)7/h8-11,14-16,28H,12-13H2,1-7H3,(H,35,36)/t28-/m0/s1. The molecule has 2 aromatic heterocycles. The number of rotatable bonds is 5. The second-order valence-electron chi connectivity index (χ2n) is 10.9. The third-order valence-corrected chi connectivity index (χ3v) is 6.99. The minimum Gasteiger partial charge on any atom is -0.479 e. The van der Waals surface area contributed by atoms with Crippen molar-refractivity contribution in [2.24, 2.45) is 0 Å². The van der Waals surface area contributed by atoms with Crippen molar-refractivity contribution in [3.8, 4) is 11.1 Å². The number of aromatic nitrogens is 3. The summed E-state index contributed by atoms with van der Waals surface area (Å²) in [5, 5.41) is 11.5. The predicted molar refractivity (Wildman–Crippen MR) is 147 cm³/mol. The quantitative estimate of drug-likeness (QED) is 0.342. The van der Waals surface area contributed by atoms with Gasteiger partial charge in [0, 0.05) is 29.7 Å². The molecule has 0 fully saturated rings. The summed E-state index contributed by atoms with van der Waals surface area (Å²) in [5.74, 6) is -0.260. The first-order chi connectivity index (χ1) is 17.5. The number of nitrogens with zero attached hydrogens (tertiary/aromatic N) is 4. The summed E-state index contributed by atoms with van der Waals surface area (Å²) < 4.78 is 8.59. The molecular weight excluding hydrogens is 464 g/mol. The molecule has 0 saturated heterocycles. The van der Waals surface area contributed by atoms with Crippen LogP contribution < -0.4 is 4.90 Å². The van der Waals surface area contributed by atoms with E-state index < -0.39 is 17.7 Å². The zero-order valence-corrected chi connectivity index (χ0v) is 22.6. The molecule has 5 rings (SSSR count). The number of carboxylic acid groups (broad SMARTS) is 1. The highest BCUT2D eigenvalue weighted by atomic mass is 16.5. The molecule has 0 aliphatic carbocycles. The van der Waals surface area contributed by atoms with Gasteiger partial charge in [-0.25, -0.2) is 9.78 Å². The maximum atomic E-state index is 12.8. The van der Waals surface area contributed by atoms with Crippen molar-refractivity contribution in [1.82, 2.24) is 14.5 Å². The first kappa shape index (κ1) is 25.0. The monoisotopic (exact) mass is 498 g/mol. The van der Waals surface area contributed by atoms with Gasteiger partial charge in [-0.15, -0.1) is 0 Å². The van der Waals surface area contributed by atoms with E-state index >= 15 is 0 Å². The Morgan fingerprint density at radius 1 is 1.03 bits per heavy atom. The molecule has 7 nitrogen and oxygen atoms in total. The lowest BCUT2D eigenvalue weighted by Crippen LogP contribution is -2.31. The van der Waals surface area contributed by atoms with E-state index in [1.54, 1.807) is 12.4 Å². The van der Waals surface area contributed by atoms with Crippen LogP contribution in [0.25, 0.3) is 22.0 Å². The number of carbonyl (C=O) groups is 1. The molecule has 0 unspecified atom stereocenters. The number of anilines is 2. The first-order valence-corrected chi connectivity index (χ1v) is 12.7. The molecule has 0 radical (unpaired) electrons. The normalized spacial score (nSPS) is 14.3. The Hall–Kier alpha value is -3.71. The molecule has 0 saturated carbocycles. The van der Waals surface area contributed by atoms with Crippen molar-refractivity contribution in [1.29, 1.82) is 0 Å². The third kappa shape index (κ3) is 4.37. The van der Waals surface area contributed by atoms with Crippen molar-refractivity contribution < 1.29 is 14.6 Å². The Labute approximate surface area is 217 Å². The molecule has 3 heterocycles. The lowest BCUT2D eigenvalue weighted by atomic mass is 9.87. The summed E-state index contributed by atoms with van der Waals surface area (Å²) in [7, 11) is 0. The van der Waals surface area contributed by atoms with Crippen LogP contribution in [0.15, 0.2) is 42.7 Å². The van der Waals surface area contributed by atoms with Gasteiger partial charge in [-0.05, 0) is 71.2 Å². The minimum absolute atomic E-state index is 0.657. The molecule has 0 amide bonds. The number of carboxylic acids is 1. The molecular formula is C30H34N4O3. The van der Waals surface area contributed by atoms with E-state index in [1.807, 2.05) is 34.6 Å². The lowest BCUT2D eigenvalue weighted by Gasteiger charge is -2.35. The number of hydrogen-bond acceptors (Lipinski definition) is 5. The van der Waals surface area contributed by atoms with Crippen LogP contribution in [0.3, 0.4) is 0 Å². The molecule has 1 atom stereocenters. The van der Waals surface area contributed by atoms with Gasteiger partial charge in [0.15, 0.2) is 11.9 Å². The zero-order valence-electron chi connectivity index (χ0n) is 22.6. The molecule has 4 aromatic rings. The topological polar surface area (TPSA) is 80.5 Å². The number of aliphatic carboxylic acids is 1. The van der Waals surface area contributed by atoms with Gasteiger partial charge in [0.2, 0.25) is 0 Å². The zero-order chi connectivity index (χ0) is 26.6. The van der Waals surface area contributed by atoms with Crippen LogP contribution in [0.4, 0.5) is 11.5 Å². The van der Waals surface area contributed by atoms with E-state index in [0.717, 1.165) is 62.6 Å². The maximum absolute atomic E-state index is 12.8. The summed E-state index contributed by atoms with van der Waals surface area (Å²) in [6, 6.07) is 10.5. The highest BCUT2D eigenvalue weighted by Gasteiger charge is 2.36. The van der Waals surface area contributed by atoms with Crippen molar-refractivity contribution >= 4 is 28.4 Å². The van der Waals surface area contributed by atoms with Crippen molar-refractivity contribution in [2.45, 2.75) is 66.7 Å². The molecule has 0 bridgehead atoms. The van der Waals surface area contributed by atoms with Crippen LogP contribution in [0.2, 0.25) is 0 Å². The van der Waals surface area contributed by atoms with Crippen molar-refractivity contribution in [2.75, 3.05) is 11.4 Å². The largest absolute Gasteiger partial charge is 0.479 e. The summed E-state index contributed by atoms with van der Waals surface area (Å²) in [5.41, 5.74) is 7.96. The van der Waals surface area contributed by atoms with Crippen LogP contribution in [0.1, 0.15) is 55.0 Å². The number of hydrogen-bond donors (Lipinski definition) is 1. The number of benzene rings is 2. The summed E-state index contributed by atoms with van der Waals surface area (Å²) >= 11 is 0. The fourth-order valence-corrected chi connectivity index (χ4v) is 5.39. The van der Waals surface area contributed by atoms with Gasteiger partial charge in [-0.3, -0.25) is 4.98 Å². The van der Waals surface area contributed by atoms with Crippen LogP contribution in [-0.2, 0) is 16.1 Å². The first-order valence-electron chi connectivity index (χ1n) is 12.7. The van der Waals surface area contributed by atoms with Gasteiger partial charge >= 0.3 is 5.97 Å². The minimum atomic E-state index is -1.14. The Morgan fingerprint density at radius 3 is 2.32 bits per heavy atom. The number of aryl methyl sites for hydroxylation is 3. The Morgan fingerprint density at radius 2 is 1.73 bits per heavy atom. The Balaban J connectivity index is 1.90. The molecule has 1 aliphatic heterocycles. The van der Waals surface area contributed by atoms with E-state index in [2.05, 4.69) is 63.6 Å². The Kier molecular flexibility index (Phi) is 6.07. The highest BCUT2D eigenvalue weighted by molar-refractivity contribution is 6.08. The van der Waals surface area contributed by atoms with Gasteiger partial charge in [-0.2, -0.15) is 0 Å². The molecule has 2 aromatic carbocycles. The van der Waals surface area contributed by atoms with Gasteiger partial charge in [0.25, 0.3) is 0 Å². The smallest absolute Gasteiger partial charge is 0.337 e. The van der Waals surface area contributed by atoms with Crippen LogP contribution in [-0.4, -0.2) is 37.8 Å². The molecule has 7 heteroatoms. The average Bonchev–Trinajstić information content (AvgIpc) is 3.17. The molecule has 0 spiro atoms. The van der Waals surface area contributed by atoms with E-state index in [4.69, 9.17) is 4.74 Å². The van der Waals surface area contributed by atoms with Gasteiger partial charge in [0.1, 0.15) is 0 Å². The van der Waals surface area contributed by atoms with Crippen molar-refractivity contribution in [3.05, 3.63) is 70.8 Å². The average molecular weight is 499 g/mol.